The van der Waals surface area contributed by atoms with E-state index in [2.05, 4.69) is 4.36 Å². The highest BCUT2D eigenvalue weighted by atomic mass is 32.2. The van der Waals surface area contributed by atoms with E-state index in [4.69, 9.17) is 5.11 Å². The molecule has 1 aromatic rings. The summed E-state index contributed by atoms with van der Waals surface area (Å²) in [6.07, 6.45) is 0. The molecule has 0 saturated carbocycles. The fourth-order valence-corrected chi connectivity index (χ4v) is 1.65. The topological polar surface area (TPSA) is 83.8 Å². The molecule has 5 nitrogen and oxygen atoms in total. The number of nitrogens with zero attached hydrogens (tertiary/aromatic N) is 1. The molecule has 7 heteroatoms. The molecule has 12 heavy (non-hydrogen) atoms. The van der Waals surface area contributed by atoms with Gasteiger partial charge >= 0.3 is 16.5 Å². The average Bonchev–Trinajstić information content (AvgIpc) is 2.33. The Balaban J connectivity index is 3.26. The number of hydrogen-bond donors (Lipinski definition) is 1. The van der Waals surface area contributed by atoms with E-state index < -0.39 is 16.5 Å². The van der Waals surface area contributed by atoms with Crippen molar-refractivity contribution in [2.75, 3.05) is 0 Å². The van der Waals surface area contributed by atoms with Crippen LogP contribution in [0.4, 0.5) is 5.69 Å². The predicted molar refractivity (Wildman–Crippen MR) is 42.3 cm³/mol. The van der Waals surface area contributed by atoms with Crippen molar-refractivity contribution in [1.29, 1.82) is 0 Å². The van der Waals surface area contributed by atoms with E-state index in [0.717, 1.165) is 11.3 Å². The van der Waals surface area contributed by atoms with Crippen LogP contribution in [-0.4, -0.2) is 19.5 Å². The zero-order valence-corrected chi connectivity index (χ0v) is 7.22. The lowest BCUT2D eigenvalue weighted by Gasteiger charge is -1.86. The van der Waals surface area contributed by atoms with Gasteiger partial charge in [-0.05, 0) is 11.4 Å². The number of carbonyl (C=O) groups is 1. The van der Waals surface area contributed by atoms with Gasteiger partial charge in [-0.15, -0.1) is 15.7 Å². The van der Waals surface area contributed by atoms with Crippen LogP contribution in [0.25, 0.3) is 0 Å². The van der Waals surface area contributed by atoms with Crippen molar-refractivity contribution in [1.82, 2.24) is 0 Å². The summed E-state index contributed by atoms with van der Waals surface area (Å²) in [7, 11) is -2.60. The molecule has 0 atom stereocenters. The van der Waals surface area contributed by atoms with Gasteiger partial charge in [-0.2, -0.15) is 8.42 Å². The number of aromatic carboxylic acids is 1. The lowest BCUT2D eigenvalue weighted by atomic mass is 10.4. The summed E-state index contributed by atoms with van der Waals surface area (Å²) >= 11 is 0.933. The van der Waals surface area contributed by atoms with Crippen LogP contribution in [0.2, 0.25) is 0 Å². The van der Waals surface area contributed by atoms with Gasteiger partial charge in [0.1, 0.15) is 10.6 Å². The highest BCUT2D eigenvalue weighted by molar-refractivity contribution is 7.61. The van der Waals surface area contributed by atoms with E-state index in [1.807, 2.05) is 0 Å². The van der Waals surface area contributed by atoms with Gasteiger partial charge in [-0.3, -0.25) is 0 Å². The van der Waals surface area contributed by atoms with Crippen LogP contribution in [0.1, 0.15) is 9.67 Å². The van der Waals surface area contributed by atoms with Crippen molar-refractivity contribution in [3.8, 4) is 0 Å². The van der Waals surface area contributed by atoms with Gasteiger partial charge in [0.2, 0.25) is 0 Å². The van der Waals surface area contributed by atoms with Crippen LogP contribution in [0.15, 0.2) is 15.8 Å². The van der Waals surface area contributed by atoms with Crippen LogP contribution in [-0.2, 0) is 10.5 Å². The van der Waals surface area contributed by atoms with Gasteiger partial charge in [0, 0.05) is 0 Å². The minimum absolute atomic E-state index is 0.0270. The number of carboxylic acid groups (broad SMARTS) is 1. The summed E-state index contributed by atoms with van der Waals surface area (Å²) in [6.45, 7) is 0. The van der Waals surface area contributed by atoms with E-state index in [1.54, 1.807) is 0 Å². The quantitative estimate of drug-likeness (QED) is 0.784. The van der Waals surface area contributed by atoms with Crippen molar-refractivity contribution in [2.45, 2.75) is 0 Å². The molecular formula is C5H3NO4S2. The molecule has 0 saturated heterocycles. The minimum Gasteiger partial charge on any atom is -0.477 e. The van der Waals surface area contributed by atoms with E-state index in [0.29, 0.717) is 0 Å². The smallest absolute Gasteiger partial charge is 0.348 e. The second-order valence-corrected chi connectivity index (χ2v) is 3.28. The Hall–Kier alpha value is -1.21. The highest BCUT2D eigenvalue weighted by Gasteiger charge is 2.10. The lowest BCUT2D eigenvalue weighted by molar-refractivity contribution is 0.0703. The van der Waals surface area contributed by atoms with E-state index in [1.165, 1.54) is 11.4 Å². The van der Waals surface area contributed by atoms with Gasteiger partial charge in [0.25, 0.3) is 0 Å². The summed E-state index contributed by atoms with van der Waals surface area (Å²) in [6, 6.07) is 1.34. The minimum atomic E-state index is -2.60. The Labute approximate surface area is 73.0 Å². The molecule has 1 N–H and O–H groups in total. The summed E-state index contributed by atoms with van der Waals surface area (Å²) in [5.41, 5.74) is -0.0270. The normalized spacial score (nSPS) is 9.33. The molecule has 0 amide bonds. The Morgan fingerprint density at radius 2 is 2.25 bits per heavy atom. The van der Waals surface area contributed by atoms with Crippen molar-refractivity contribution >= 4 is 33.5 Å². The SMILES string of the molecule is O=C(O)c1sccc1N=S(=O)=O. The van der Waals surface area contributed by atoms with E-state index >= 15 is 0 Å². The van der Waals surface area contributed by atoms with Crippen LogP contribution < -0.4 is 0 Å². The first-order chi connectivity index (χ1) is 5.61. The Bertz CT molecular complexity index is 422. The lowest BCUT2D eigenvalue weighted by Crippen LogP contribution is -1.90. The zero-order valence-electron chi connectivity index (χ0n) is 5.59. The summed E-state index contributed by atoms with van der Waals surface area (Å²) in [5, 5.41) is 9.98. The molecular weight excluding hydrogens is 202 g/mol. The Kier molecular flexibility index (Phi) is 2.56. The van der Waals surface area contributed by atoms with Gasteiger partial charge in [-0.25, -0.2) is 4.79 Å². The third kappa shape index (κ3) is 1.89. The van der Waals surface area contributed by atoms with Gasteiger partial charge in [-0.1, -0.05) is 0 Å². The highest BCUT2D eigenvalue weighted by Crippen LogP contribution is 2.24. The monoisotopic (exact) mass is 205 g/mol. The van der Waals surface area contributed by atoms with Crippen molar-refractivity contribution in [3.05, 3.63) is 16.3 Å². The molecule has 0 aliphatic carbocycles. The molecule has 0 radical (unpaired) electrons. The third-order valence-electron chi connectivity index (χ3n) is 1.01. The molecule has 0 fully saturated rings. The second kappa shape index (κ2) is 3.46. The first kappa shape index (κ1) is 8.88. The molecule has 0 unspecified atom stereocenters. The first-order valence-corrected chi connectivity index (χ1v) is 4.64. The van der Waals surface area contributed by atoms with Crippen LogP contribution in [0.5, 0.6) is 0 Å². The van der Waals surface area contributed by atoms with Gasteiger partial charge in [0.15, 0.2) is 0 Å². The molecule has 0 bridgehead atoms. The van der Waals surface area contributed by atoms with Gasteiger partial charge < -0.3 is 5.11 Å². The fraction of sp³-hybridized carbons (Fsp3) is 0. The summed E-state index contributed by atoms with van der Waals surface area (Å²) in [5.74, 6) is -1.17. The second-order valence-electron chi connectivity index (χ2n) is 1.75. The van der Waals surface area contributed by atoms with E-state index in [-0.39, 0.29) is 10.6 Å². The van der Waals surface area contributed by atoms with Crippen molar-refractivity contribution in [3.63, 3.8) is 0 Å². The average molecular weight is 205 g/mol. The van der Waals surface area contributed by atoms with Crippen LogP contribution in [0.3, 0.4) is 0 Å². The zero-order chi connectivity index (χ0) is 9.14. The van der Waals surface area contributed by atoms with Gasteiger partial charge in [0.05, 0.1) is 0 Å². The largest absolute Gasteiger partial charge is 0.477 e. The predicted octanol–water partition coefficient (Wildman–Crippen LogP) is 1.14. The molecule has 0 aliphatic rings. The molecule has 0 aliphatic heterocycles. The van der Waals surface area contributed by atoms with Crippen molar-refractivity contribution < 1.29 is 18.3 Å². The molecule has 1 rings (SSSR count). The maximum atomic E-state index is 10.4. The Morgan fingerprint density at radius 3 is 2.75 bits per heavy atom. The third-order valence-corrected chi connectivity index (χ3v) is 2.25. The molecule has 1 heterocycles. The summed E-state index contributed by atoms with van der Waals surface area (Å²) in [4.78, 5) is 10.3. The summed E-state index contributed by atoms with van der Waals surface area (Å²) < 4.78 is 23.3. The molecule has 1 aromatic heterocycles. The van der Waals surface area contributed by atoms with E-state index in [9.17, 15) is 13.2 Å². The standard InChI is InChI=1S/C5H3NO4S2/c7-5(8)4-3(1-2-11-4)6-12(9)10/h1-2H,(H,7,8). The first-order valence-electron chi connectivity index (χ1n) is 2.73. The van der Waals surface area contributed by atoms with Crippen LogP contribution in [0, 0.1) is 0 Å². The number of thiophene rings is 1. The number of carboxylic acids is 1. The maximum Gasteiger partial charge on any atom is 0.348 e. The fourth-order valence-electron chi connectivity index (χ4n) is 0.615. The molecule has 0 aromatic carbocycles. The number of hydrogen-bond acceptors (Lipinski definition) is 5. The maximum absolute atomic E-state index is 10.4. The Morgan fingerprint density at radius 1 is 1.58 bits per heavy atom. The number of rotatable bonds is 2. The van der Waals surface area contributed by atoms with Crippen LogP contribution >= 0.6 is 11.3 Å². The molecule has 0 spiro atoms. The molecule has 64 valence electrons. The van der Waals surface area contributed by atoms with Crippen molar-refractivity contribution in [2.24, 2.45) is 4.36 Å².